The molecule has 4 heteroatoms. The largest absolute Gasteiger partial charge is 0.481 e. The number of amides is 1. The Balaban J connectivity index is 1.80. The van der Waals surface area contributed by atoms with Gasteiger partial charge in [0.1, 0.15) is 0 Å². The summed E-state index contributed by atoms with van der Waals surface area (Å²) in [7, 11) is 0. The van der Waals surface area contributed by atoms with Crippen molar-refractivity contribution in [3.05, 3.63) is 35.9 Å². The number of aliphatic carboxylic acids is 1. The number of carboxylic acid groups (broad SMARTS) is 1. The molecule has 2 fully saturated rings. The molecule has 3 rings (SSSR count). The van der Waals surface area contributed by atoms with Gasteiger partial charge in [-0.2, -0.15) is 0 Å². The molecule has 1 amide bonds. The fourth-order valence-corrected chi connectivity index (χ4v) is 4.27. The first kappa shape index (κ1) is 15.1. The Labute approximate surface area is 131 Å². The quantitative estimate of drug-likeness (QED) is 0.930. The van der Waals surface area contributed by atoms with Crippen molar-refractivity contribution >= 4 is 11.9 Å². The van der Waals surface area contributed by atoms with Crippen molar-refractivity contribution in [1.82, 2.24) is 4.90 Å². The Kier molecular flexibility index (Phi) is 3.94. The maximum atomic E-state index is 12.9. The van der Waals surface area contributed by atoms with Crippen molar-refractivity contribution in [1.29, 1.82) is 0 Å². The molecule has 0 radical (unpaired) electrons. The van der Waals surface area contributed by atoms with Crippen LogP contribution in [0, 0.1) is 11.3 Å². The summed E-state index contributed by atoms with van der Waals surface area (Å²) in [6.45, 7) is 3.00. The van der Waals surface area contributed by atoms with Crippen LogP contribution in [0.25, 0.3) is 0 Å². The molecular weight excluding hydrogens is 278 g/mol. The SMILES string of the molecule is CCC(C(=O)N1C[C@@H]2CCC[C@@]2(C(=O)O)C1)c1ccccc1. The van der Waals surface area contributed by atoms with Crippen LogP contribution >= 0.6 is 0 Å². The zero-order valence-corrected chi connectivity index (χ0v) is 13.0. The number of carboxylic acids is 1. The third-order valence-corrected chi connectivity index (χ3v) is 5.52. The third kappa shape index (κ3) is 2.31. The summed E-state index contributed by atoms with van der Waals surface area (Å²) < 4.78 is 0. The highest BCUT2D eigenvalue weighted by Gasteiger charge is 2.56. The van der Waals surface area contributed by atoms with Crippen LogP contribution < -0.4 is 0 Å². The summed E-state index contributed by atoms with van der Waals surface area (Å²) in [5, 5.41) is 9.65. The minimum Gasteiger partial charge on any atom is -0.481 e. The Bertz CT molecular complexity index is 571. The highest BCUT2D eigenvalue weighted by Crippen LogP contribution is 2.49. The molecule has 0 aromatic heterocycles. The molecule has 1 saturated carbocycles. The van der Waals surface area contributed by atoms with Crippen LogP contribution in [0.2, 0.25) is 0 Å². The molecule has 1 heterocycles. The highest BCUT2D eigenvalue weighted by atomic mass is 16.4. The van der Waals surface area contributed by atoms with Crippen molar-refractivity contribution < 1.29 is 14.7 Å². The molecule has 3 atom stereocenters. The van der Waals surface area contributed by atoms with E-state index in [4.69, 9.17) is 0 Å². The molecule has 1 aliphatic heterocycles. The molecule has 1 saturated heterocycles. The second kappa shape index (κ2) is 5.75. The van der Waals surface area contributed by atoms with E-state index < -0.39 is 11.4 Å². The standard InChI is InChI=1S/C18H23NO3/c1-2-15(13-7-4-3-5-8-13)16(20)19-11-14-9-6-10-18(14,12-19)17(21)22/h3-5,7-8,14-15H,2,6,9-12H2,1H3,(H,21,22)/t14-,15?,18+/m0/s1. The molecule has 0 spiro atoms. The van der Waals surface area contributed by atoms with E-state index >= 15 is 0 Å². The molecule has 1 aromatic rings. The van der Waals surface area contributed by atoms with Gasteiger partial charge < -0.3 is 10.0 Å². The van der Waals surface area contributed by atoms with Gasteiger partial charge in [-0.1, -0.05) is 43.7 Å². The van der Waals surface area contributed by atoms with E-state index in [2.05, 4.69) is 0 Å². The molecule has 1 N–H and O–H groups in total. The fourth-order valence-electron chi connectivity index (χ4n) is 4.27. The molecule has 2 aliphatic rings. The summed E-state index contributed by atoms with van der Waals surface area (Å²) >= 11 is 0. The first-order valence-corrected chi connectivity index (χ1v) is 8.15. The van der Waals surface area contributed by atoms with Gasteiger partial charge in [0.2, 0.25) is 5.91 Å². The lowest BCUT2D eigenvalue weighted by molar-refractivity contribution is -0.149. The second-order valence-electron chi connectivity index (χ2n) is 6.64. The van der Waals surface area contributed by atoms with Crippen LogP contribution in [0.4, 0.5) is 0 Å². The first-order chi connectivity index (χ1) is 10.6. The van der Waals surface area contributed by atoms with Gasteiger partial charge in [0, 0.05) is 13.1 Å². The summed E-state index contributed by atoms with van der Waals surface area (Å²) in [5.74, 6) is -0.671. The summed E-state index contributed by atoms with van der Waals surface area (Å²) in [5.41, 5.74) is 0.335. The van der Waals surface area contributed by atoms with Crippen LogP contribution in [0.3, 0.4) is 0 Å². The van der Waals surface area contributed by atoms with Crippen molar-refractivity contribution in [2.24, 2.45) is 11.3 Å². The maximum absolute atomic E-state index is 12.9. The Morgan fingerprint density at radius 3 is 2.68 bits per heavy atom. The smallest absolute Gasteiger partial charge is 0.311 e. The van der Waals surface area contributed by atoms with E-state index in [1.54, 1.807) is 4.90 Å². The summed E-state index contributed by atoms with van der Waals surface area (Å²) in [6.07, 6.45) is 3.34. The Morgan fingerprint density at radius 2 is 2.09 bits per heavy atom. The molecule has 1 unspecified atom stereocenters. The summed E-state index contributed by atoms with van der Waals surface area (Å²) in [4.78, 5) is 26.5. The van der Waals surface area contributed by atoms with Gasteiger partial charge in [0.25, 0.3) is 0 Å². The van der Waals surface area contributed by atoms with Gasteiger partial charge in [-0.3, -0.25) is 9.59 Å². The van der Waals surface area contributed by atoms with E-state index in [-0.39, 0.29) is 17.7 Å². The van der Waals surface area contributed by atoms with Gasteiger partial charge in [-0.15, -0.1) is 0 Å². The molecule has 1 aliphatic carbocycles. The Morgan fingerprint density at radius 1 is 1.36 bits per heavy atom. The van der Waals surface area contributed by atoms with Gasteiger partial charge >= 0.3 is 5.97 Å². The number of hydrogen-bond donors (Lipinski definition) is 1. The number of likely N-dealkylation sites (tertiary alicyclic amines) is 1. The molecule has 0 bridgehead atoms. The van der Waals surface area contributed by atoms with Crippen molar-refractivity contribution in [3.63, 3.8) is 0 Å². The number of carbonyl (C=O) groups is 2. The van der Waals surface area contributed by atoms with Gasteiger partial charge in [0.15, 0.2) is 0 Å². The van der Waals surface area contributed by atoms with Crippen LogP contribution in [0.1, 0.15) is 44.1 Å². The minimum absolute atomic E-state index is 0.0868. The predicted molar refractivity (Wildman–Crippen MR) is 83.5 cm³/mol. The number of carbonyl (C=O) groups excluding carboxylic acids is 1. The average molecular weight is 301 g/mol. The van der Waals surface area contributed by atoms with Crippen LogP contribution in [0.5, 0.6) is 0 Å². The summed E-state index contributed by atoms with van der Waals surface area (Å²) in [6, 6.07) is 9.80. The van der Waals surface area contributed by atoms with Crippen molar-refractivity contribution in [2.45, 2.75) is 38.5 Å². The zero-order chi connectivity index (χ0) is 15.7. The third-order valence-electron chi connectivity index (χ3n) is 5.52. The van der Waals surface area contributed by atoms with Gasteiger partial charge in [-0.05, 0) is 30.7 Å². The average Bonchev–Trinajstić information content (AvgIpc) is 3.07. The number of rotatable bonds is 4. The van der Waals surface area contributed by atoms with Crippen LogP contribution in [-0.4, -0.2) is 35.0 Å². The van der Waals surface area contributed by atoms with Crippen molar-refractivity contribution in [3.8, 4) is 0 Å². The second-order valence-corrected chi connectivity index (χ2v) is 6.64. The van der Waals surface area contributed by atoms with E-state index in [0.29, 0.717) is 19.5 Å². The number of nitrogens with zero attached hydrogens (tertiary/aromatic N) is 1. The zero-order valence-electron chi connectivity index (χ0n) is 13.0. The minimum atomic E-state index is -0.724. The molecule has 118 valence electrons. The topological polar surface area (TPSA) is 57.6 Å². The van der Waals surface area contributed by atoms with E-state index in [0.717, 1.165) is 24.8 Å². The van der Waals surface area contributed by atoms with Crippen LogP contribution in [0.15, 0.2) is 30.3 Å². The van der Waals surface area contributed by atoms with Gasteiger partial charge in [-0.25, -0.2) is 0 Å². The lowest BCUT2D eigenvalue weighted by Gasteiger charge is -2.26. The number of fused-ring (bicyclic) bond motifs is 1. The number of benzene rings is 1. The van der Waals surface area contributed by atoms with E-state index in [1.165, 1.54) is 0 Å². The fraction of sp³-hybridized carbons (Fsp3) is 0.556. The number of hydrogen-bond acceptors (Lipinski definition) is 2. The van der Waals surface area contributed by atoms with Crippen molar-refractivity contribution in [2.75, 3.05) is 13.1 Å². The highest BCUT2D eigenvalue weighted by molar-refractivity contribution is 5.86. The van der Waals surface area contributed by atoms with E-state index in [1.807, 2.05) is 37.3 Å². The molecule has 22 heavy (non-hydrogen) atoms. The van der Waals surface area contributed by atoms with E-state index in [9.17, 15) is 14.7 Å². The van der Waals surface area contributed by atoms with Crippen LogP contribution in [-0.2, 0) is 9.59 Å². The molecular formula is C18H23NO3. The normalized spacial score (nSPS) is 28.4. The van der Waals surface area contributed by atoms with Gasteiger partial charge in [0.05, 0.1) is 11.3 Å². The molecule has 4 nitrogen and oxygen atoms in total. The maximum Gasteiger partial charge on any atom is 0.311 e. The first-order valence-electron chi connectivity index (χ1n) is 8.15. The lowest BCUT2D eigenvalue weighted by atomic mass is 9.81. The predicted octanol–water partition coefficient (Wildman–Crippen LogP) is 2.89. The monoisotopic (exact) mass is 301 g/mol. The Hall–Kier alpha value is -1.84. The lowest BCUT2D eigenvalue weighted by Crippen LogP contribution is -2.38. The molecule has 1 aromatic carbocycles.